The average molecular weight is 200 g/mol. The maximum atomic E-state index is 12.4. The van der Waals surface area contributed by atoms with Crippen LogP contribution in [0.5, 0.6) is 0 Å². The number of hydrogen-bond donors (Lipinski definition) is 0. The van der Waals surface area contributed by atoms with Gasteiger partial charge < -0.3 is 12.9 Å². The van der Waals surface area contributed by atoms with Gasteiger partial charge in [-0.1, -0.05) is 34.9 Å². The molecule has 0 atom stereocenters. The van der Waals surface area contributed by atoms with Crippen molar-refractivity contribution < 1.29 is 12.9 Å². The van der Waals surface area contributed by atoms with Gasteiger partial charge in [0.2, 0.25) is 0 Å². The molecule has 0 unspecified atom stereocenters. The number of azide groups is 1. The Kier molecular flexibility index (Phi) is 3.04. The van der Waals surface area contributed by atoms with E-state index in [0.29, 0.717) is 0 Å². The van der Waals surface area contributed by atoms with Crippen LogP contribution in [0.15, 0.2) is 29.4 Å². The van der Waals surface area contributed by atoms with Crippen molar-refractivity contribution in [1.29, 1.82) is 0 Å². The van der Waals surface area contributed by atoms with Gasteiger partial charge in [-0.05, 0) is 5.53 Å². The zero-order chi connectivity index (χ0) is 10.6. The number of halogens is 3. The minimum absolute atomic E-state index is 0.0119. The summed E-state index contributed by atoms with van der Waals surface area (Å²) >= 11 is 0. The molecule has 0 radical (unpaired) electrons. The van der Waals surface area contributed by atoms with E-state index >= 15 is 0 Å². The first-order chi connectivity index (χ1) is 6.55. The molecule has 1 aromatic carbocycles. The van der Waals surface area contributed by atoms with Crippen LogP contribution in [-0.2, 0) is 6.54 Å². The molecule has 7 heteroatoms. The molecule has 1 aromatic rings. The molecule has 0 aliphatic rings. The molecule has 14 heavy (non-hydrogen) atoms. The first kappa shape index (κ1) is 10.5. The van der Waals surface area contributed by atoms with E-state index in [9.17, 15) is 12.9 Å². The Hall–Kier alpha value is -1.62. The van der Waals surface area contributed by atoms with Crippen molar-refractivity contribution in [3.8, 4) is 0 Å². The summed E-state index contributed by atoms with van der Waals surface area (Å²) in [5.41, 5.74) is 7.32. The molecule has 0 aliphatic carbocycles. The summed E-state index contributed by atoms with van der Waals surface area (Å²) in [6.45, 7) is -5.31. The van der Waals surface area contributed by atoms with E-state index < -0.39 is 12.4 Å². The van der Waals surface area contributed by atoms with Gasteiger partial charge >= 0.3 is 6.98 Å². The van der Waals surface area contributed by atoms with Gasteiger partial charge in [0.05, 0.1) is 0 Å². The summed E-state index contributed by atoms with van der Waals surface area (Å²) in [4.78, 5) is 2.42. The summed E-state index contributed by atoms with van der Waals surface area (Å²) in [6, 6.07) is 5.08. The summed E-state index contributed by atoms with van der Waals surface area (Å²) in [5.74, 6) is 0. The molecule has 0 fully saturated rings. The van der Waals surface area contributed by atoms with Crippen LogP contribution in [-0.4, -0.2) is 6.98 Å². The molecule has 1 rings (SSSR count). The predicted octanol–water partition coefficient (Wildman–Crippen LogP) is 2.55. The van der Waals surface area contributed by atoms with E-state index in [1.54, 1.807) is 0 Å². The summed E-state index contributed by atoms with van der Waals surface area (Å²) in [7, 11) is 0. The molecule has 0 N–H and O–H groups in total. The molecule has 0 bridgehead atoms. The molecular formula is C7H6BF3N3-. The maximum Gasteiger partial charge on any atom is 0.509 e. The van der Waals surface area contributed by atoms with Crippen LogP contribution in [0.3, 0.4) is 0 Å². The third-order valence-electron chi connectivity index (χ3n) is 1.71. The van der Waals surface area contributed by atoms with Crippen molar-refractivity contribution in [3.05, 3.63) is 40.3 Å². The van der Waals surface area contributed by atoms with Gasteiger partial charge in [0.1, 0.15) is 0 Å². The van der Waals surface area contributed by atoms with Crippen molar-refractivity contribution in [2.24, 2.45) is 5.11 Å². The lowest BCUT2D eigenvalue weighted by Gasteiger charge is -2.18. The monoisotopic (exact) mass is 200 g/mol. The van der Waals surface area contributed by atoms with Crippen molar-refractivity contribution in [2.45, 2.75) is 6.54 Å². The van der Waals surface area contributed by atoms with Gasteiger partial charge in [-0.15, -0.1) is 5.46 Å². The van der Waals surface area contributed by atoms with Gasteiger partial charge in [-0.25, -0.2) is 0 Å². The van der Waals surface area contributed by atoms with Crippen molar-refractivity contribution >= 4 is 12.4 Å². The molecule has 74 valence electrons. The SMILES string of the molecule is [N-]=[N+]=NCc1ccccc1[B-](F)(F)F. The standard InChI is InChI=1S/C7H6BF3N3/c9-8(10,11)7-4-2-1-3-6(7)5-13-14-12/h1-4H,5H2/q-1. The molecule has 3 nitrogen and oxygen atoms in total. The van der Waals surface area contributed by atoms with E-state index in [1.807, 2.05) is 0 Å². The van der Waals surface area contributed by atoms with E-state index in [-0.39, 0.29) is 12.1 Å². The number of benzene rings is 1. The predicted molar refractivity (Wildman–Crippen MR) is 48.0 cm³/mol. The van der Waals surface area contributed by atoms with Crippen LogP contribution in [0.4, 0.5) is 12.9 Å². The second kappa shape index (κ2) is 4.06. The highest BCUT2D eigenvalue weighted by Gasteiger charge is 2.27. The van der Waals surface area contributed by atoms with E-state index in [1.165, 1.54) is 18.2 Å². The molecule has 0 aromatic heterocycles. The molecular weight excluding hydrogens is 194 g/mol. The zero-order valence-corrected chi connectivity index (χ0v) is 7.07. The van der Waals surface area contributed by atoms with E-state index in [4.69, 9.17) is 5.53 Å². The van der Waals surface area contributed by atoms with Crippen molar-refractivity contribution in [1.82, 2.24) is 0 Å². The second-order valence-corrected chi connectivity index (χ2v) is 2.66. The Morgan fingerprint density at radius 1 is 1.29 bits per heavy atom. The highest BCUT2D eigenvalue weighted by atomic mass is 19.4. The van der Waals surface area contributed by atoms with Gasteiger partial charge in [-0.2, -0.15) is 0 Å². The fourth-order valence-corrected chi connectivity index (χ4v) is 1.11. The Balaban J connectivity index is 3.09. The van der Waals surface area contributed by atoms with Crippen molar-refractivity contribution in [2.75, 3.05) is 0 Å². The van der Waals surface area contributed by atoms with Gasteiger partial charge in [-0.3, -0.25) is 0 Å². The fourth-order valence-electron chi connectivity index (χ4n) is 1.11. The summed E-state index contributed by atoms with van der Waals surface area (Å²) < 4.78 is 37.2. The quantitative estimate of drug-likeness (QED) is 0.311. The molecule has 0 saturated heterocycles. The highest BCUT2D eigenvalue weighted by molar-refractivity contribution is 6.74. The van der Waals surface area contributed by atoms with E-state index in [0.717, 1.165) is 6.07 Å². The first-order valence-electron chi connectivity index (χ1n) is 3.84. The van der Waals surface area contributed by atoms with Crippen LogP contribution in [0, 0.1) is 0 Å². The third-order valence-corrected chi connectivity index (χ3v) is 1.71. The molecule has 0 aliphatic heterocycles. The topological polar surface area (TPSA) is 48.8 Å². The largest absolute Gasteiger partial charge is 0.509 e. The summed E-state index contributed by atoms with van der Waals surface area (Å²) in [5, 5.41) is 3.11. The van der Waals surface area contributed by atoms with Crippen LogP contribution in [0.1, 0.15) is 5.56 Å². The fraction of sp³-hybridized carbons (Fsp3) is 0.143. The van der Waals surface area contributed by atoms with Gasteiger partial charge in [0.25, 0.3) is 0 Å². The molecule has 0 spiro atoms. The Bertz CT molecular complexity index is 371. The molecule has 0 heterocycles. The van der Waals surface area contributed by atoms with Crippen LogP contribution in [0.25, 0.3) is 10.4 Å². The van der Waals surface area contributed by atoms with Crippen LogP contribution >= 0.6 is 0 Å². The lowest BCUT2D eigenvalue weighted by Crippen LogP contribution is -2.36. The Morgan fingerprint density at radius 2 is 1.93 bits per heavy atom. The van der Waals surface area contributed by atoms with Crippen molar-refractivity contribution in [3.63, 3.8) is 0 Å². The minimum atomic E-state index is -5.04. The average Bonchev–Trinajstić information content (AvgIpc) is 2.14. The first-order valence-corrected chi connectivity index (χ1v) is 3.84. The summed E-state index contributed by atoms with van der Waals surface area (Å²) in [6.07, 6.45) is 0. The highest BCUT2D eigenvalue weighted by Crippen LogP contribution is 2.12. The minimum Gasteiger partial charge on any atom is -0.445 e. The van der Waals surface area contributed by atoms with Gasteiger partial charge in [0.15, 0.2) is 0 Å². The second-order valence-electron chi connectivity index (χ2n) is 2.66. The van der Waals surface area contributed by atoms with Crippen LogP contribution in [0.2, 0.25) is 0 Å². The maximum absolute atomic E-state index is 12.4. The van der Waals surface area contributed by atoms with Gasteiger partial charge in [0, 0.05) is 11.5 Å². The number of rotatable bonds is 3. The molecule has 0 amide bonds. The number of hydrogen-bond acceptors (Lipinski definition) is 1. The Morgan fingerprint density at radius 3 is 2.50 bits per heavy atom. The van der Waals surface area contributed by atoms with Crippen LogP contribution < -0.4 is 5.46 Å². The lowest BCUT2D eigenvalue weighted by atomic mass is 9.77. The normalized spacial score (nSPS) is 10.8. The zero-order valence-electron chi connectivity index (χ0n) is 7.07. The van der Waals surface area contributed by atoms with E-state index in [2.05, 4.69) is 10.0 Å². The molecule has 0 saturated carbocycles. The number of nitrogens with zero attached hydrogens (tertiary/aromatic N) is 3. The Labute approximate surface area is 78.2 Å². The third kappa shape index (κ3) is 2.43. The smallest absolute Gasteiger partial charge is 0.445 e. The lowest BCUT2D eigenvalue weighted by molar-refractivity contribution is 0.500.